The fourth-order valence-corrected chi connectivity index (χ4v) is 4.86. The molecule has 1 aliphatic carbocycles. The van der Waals surface area contributed by atoms with Crippen molar-refractivity contribution in [3.8, 4) is 0 Å². The Morgan fingerprint density at radius 3 is 2.34 bits per heavy atom. The lowest BCUT2D eigenvalue weighted by atomic mass is 9.94. The first-order chi connectivity index (χ1) is 16.7. The van der Waals surface area contributed by atoms with Crippen molar-refractivity contribution >= 4 is 29.7 Å². The van der Waals surface area contributed by atoms with E-state index in [0.29, 0.717) is 25.1 Å². The van der Waals surface area contributed by atoms with Gasteiger partial charge in [-0.2, -0.15) is 11.8 Å². The van der Waals surface area contributed by atoms with Gasteiger partial charge in [0.05, 0.1) is 0 Å². The second kappa shape index (κ2) is 14.4. The molecule has 8 heteroatoms. The van der Waals surface area contributed by atoms with Gasteiger partial charge >= 0.3 is 6.09 Å². The van der Waals surface area contributed by atoms with Crippen LogP contribution in [-0.2, 0) is 14.3 Å². The minimum Gasteiger partial charge on any atom is -0.444 e. The van der Waals surface area contributed by atoms with Gasteiger partial charge in [-0.05, 0) is 64.0 Å². The molecule has 0 heterocycles. The van der Waals surface area contributed by atoms with Crippen LogP contribution in [0.2, 0.25) is 0 Å². The van der Waals surface area contributed by atoms with Crippen molar-refractivity contribution in [2.24, 2.45) is 0 Å². The third-order valence-electron chi connectivity index (χ3n) is 5.97. The second-order valence-corrected chi connectivity index (χ2v) is 11.2. The Morgan fingerprint density at radius 2 is 1.77 bits per heavy atom. The Morgan fingerprint density at radius 1 is 1.11 bits per heavy atom. The zero-order chi connectivity index (χ0) is 25.8. The molecule has 0 aromatic heterocycles. The van der Waals surface area contributed by atoms with E-state index in [2.05, 4.69) is 10.6 Å². The molecule has 1 aliphatic rings. The molecule has 1 aromatic rings. The Kier molecular flexibility index (Phi) is 11.9. The molecule has 0 spiro atoms. The summed E-state index contributed by atoms with van der Waals surface area (Å²) in [5, 5.41) is 5.99. The lowest BCUT2D eigenvalue weighted by molar-refractivity contribution is -0.143. The minimum absolute atomic E-state index is 0.133. The molecule has 1 aromatic carbocycles. The van der Waals surface area contributed by atoms with Crippen LogP contribution in [0.1, 0.15) is 84.2 Å². The van der Waals surface area contributed by atoms with Crippen molar-refractivity contribution in [3.63, 3.8) is 0 Å². The third kappa shape index (κ3) is 9.74. The van der Waals surface area contributed by atoms with Gasteiger partial charge in [0, 0.05) is 12.6 Å². The molecular formula is C27H43N3O4S. The van der Waals surface area contributed by atoms with Gasteiger partial charge < -0.3 is 20.3 Å². The third-order valence-corrected chi connectivity index (χ3v) is 6.62. The van der Waals surface area contributed by atoms with Gasteiger partial charge in [-0.3, -0.25) is 9.59 Å². The highest BCUT2D eigenvalue weighted by atomic mass is 32.2. The molecule has 0 saturated heterocycles. The first-order valence-corrected chi connectivity index (χ1v) is 14.2. The molecule has 3 amide bonds. The van der Waals surface area contributed by atoms with Gasteiger partial charge in [0.15, 0.2) is 0 Å². The highest BCUT2D eigenvalue weighted by Gasteiger charge is 2.36. The zero-order valence-electron chi connectivity index (χ0n) is 22.0. The Balaban J connectivity index is 2.34. The van der Waals surface area contributed by atoms with Gasteiger partial charge in [0.1, 0.15) is 17.7 Å². The van der Waals surface area contributed by atoms with Gasteiger partial charge in [-0.1, -0.05) is 56.5 Å². The number of alkyl carbamates (subject to hydrolysis) is 1. The van der Waals surface area contributed by atoms with Crippen molar-refractivity contribution in [2.45, 2.75) is 96.4 Å². The number of thioether (sulfide) groups is 1. The predicted octanol–water partition coefficient (Wildman–Crippen LogP) is 5.06. The Labute approximate surface area is 215 Å². The standard InChI is InChI=1S/C27H43N3O4S/c1-6-18-30(25(32)22(17-19-35-5)29-26(33)34-27(2,3)4)23(20-13-9-7-10-14-20)24(31)28-21-15-11-8-12-16-21/h7,9-10,13-14,21-23H,6,8,11-12,15-19H2,1-5H3,(H,28,31)(H,29,33). The maximum Gasteiger partial charge on any atom is 0.408 e. The quantitative estimate of drug-likeness (QED) is 0.439. The van der Waals surface area contributed by atoms with Gasteiger partial charge in [0.25, 0.3) is 0 Å². The normalized spacial score (nSPS) is 16.1. The SMILES string of the molecule is CCCN(C(=O)C(CCSC)NC(=O)OC(C)(C)C)C(C(=O)NC1CCCCC1)c1ccccc1. The number of nitrogens with zero attached hydrogens (tertiary/aromatic N) is 1. The number of nitrogens with one attached hydrogen (secondary N) is 2. The number of rotatable bonds is 11. The molecule has 2 N–H and O–H groups in total. The van der Waals surface area contributed by atoms with Crippen LogP contribution >= 0.6 is 11.8 Å². The van der Waals surface area contributed by atoms with E-state index in [0.717, 1.165) is 31.2 Å². The fourth-order valence-electron chi connectivity index (χ4n) is 4.39. The van der Waals surface area contributed by atoms with Crippen LogP contribution in [0.25, 0.3) is 0 Å². The zero-order valence-corrected chi connectivity index (χ0v) is 22.8. The number of benzene rings is 1. The largest absolute Gasteiger partial charge is 0.444 e. The summed E-state index contributed by atoms with van der Waals surface area (Å²) in [7, 11) is 0. The highest BCUT2D eigenvalue weighted by molar-refractivity contribution is 7.98. The minimum atomic E-state index is -0.780. The Hall–Kier alpha value is -2.22. The maximum absolute atomic E-state index is 13.9. The summed E-state index contributed by atoms with van der Waals surface area (Å²) in [6.07, 6.45) is 7.81. The molecule has 0 radical (unpaired) electrons. The van der Waals surface area contributed by atoms with Crippen LogP contribution in [0.4, 0.5) is 4.79 Å². The average Bonchev–Trinajstić information content (AvgIpc) is 2.81. The van der Waals surface area contributed by atoms with Gasteiger partial charge in [0.2, 0.25) is 11.8 Å². The molecular weight excluding hydrogens is 462 g/mol. The van der Waals surface area contributed by atoms with E-state index in [9.17, 15) is 14.4 Å². The number of amides is 3. The summed E-state index contributed by atoms with van der Waals surface area (Å²) in [6.45, 7) is 7.75. The van der Waals surface area contributed by atoms with E-state index in [1.54, 1.807) is 37.4 Å². The van der Waals surface area contributed by atoms with Crippen LogP contribution in [0.15, 0.2) is 30.3 Å². The summed E-state index contributed by atoms with van der Waals surface area (Å²) in [5.74, 6) is 0.265. The van der Waals surface area contributed by atoms with E-state index in [4.69, 9.17) is 4.74 Å². The van der Waals surface area contributed by atoms with Crippen LogP contribution in [0.3, 0.4) is 0 Å². The van der Waals surface area contributed by atoms with Crippen LogP contribution in [0, 0.1) is 0 Å². The first-order valence-electron chi connectivity index (χ1n) is 12.8. The molecule has 2 atom stereocenters. The number of hydrogen-bond donors (Lipinski definition) is 2. The molecule has 7 nitrogen and oxygen atoms in total. The van der Waals surface area contributed by atoms with Gasteiger partial charge in [-0.25, -0.2) is 4.79 Å². The molecule has 2 unspecified atom stereocenters. The second-order valence-electron chi connectivity index (χ2n) is 10.2. The van der Waals surface area contributed by atoms with Crippen molar-refractivity contribution < 1.29 is 19.1 Å². The summed E-state index contributed by atoms with van der Waals surface area (Å²) in [4.78, 5) is 41.8. The highest BCUT2D eigenvalue weighted by Crippen LogP contribution is 2.25. The van der Waals surface area contributed by atoms with Crippen molar-refractivity contribution in [3.05, 3.63) is 35.9 Å². The van der Waals surface area contributed by atoms with Crippen molar-refractivity contribution in [1.82, 2.24) is 15.5 Å². The topological polar surface area (TPSA) is 87.7 Å². The molecule has 2 rings (SSSR count). The molecule has 1 saturated carbocycles. The lowest BCUT2D eigenvalue weighted by Gasteiger charge is -2.35. The summed E-state index contributed by atoms with van der Waals surface area (Å²) in [5.41, 5.74) is 0.0933. The Bertz CT molecular complexity index is 806. The fraction of sp³-hybridized carbons (Fsp3) is 0.667. The first kappa shape index (κ1) is 29.0. The molecule has 196 valence electrons. The van der Waals surface area contributed by atoms with Crippen LogP contribution < -0.4 is 10.6 Å². The molecule has 0 aliphatic heterocycles. The van der Waals surface area contributed by atoms with Gasteiger partial charge in [-0.15, -0.1) is 0 Å². The van der Waals surface area contributed by atoms with Crippen molar-refractivity contribution in [1.29, 1.82) is 0 Å². The monoisotopic (exact) mass is 505 g/mol. The summed E-state index contributed by atoms with van der Waals surface area (Å²) >= 11 is 1.60. The molecule has 0 bridgehead atoms. The maximum atomic E-state index is 13.9. The van der Waals surface area contributed by atoms with E-state index in [1.165, 1.54) is 6.42 Å². The van der Waals surface area contributed by atoms with Crippen LogP contribution in [0.5, 0.6) is 0 Å². The lowest BCUT2D eigenvalue weighted by Crippen LogP contribution is -2.54. The molecule has 35 heavy (non-hydrogen) atoms. The molecule has 1 fully saturated rings. The van der Waals surface area contributed by atoms with E-state index < -0.39 is 23.8 Å². The van der Waals surface area contributed by atoms with Crippen LogP contribution in [-0.4, -0.2) is 59.0 Å². The average molecular weight is 506 g/mol. The predicted molar refractivity (Wildman–Crippen MR) is 142 cm³/mol. The van der Waals surface area contributed by atoms with E-state index >= 15 is 0 Å². The van der Waals surface area contributed by atoms with E-state index in [-0.39, 0.29) is 17.9 Å². The number of carbonyl (C=O) groups is 3. The summed E-state index contributed by atoms with van der Waals surface area (Å²) in [6, 6.07) is 8.04. The number of carbonyl (C=O) groups excluding carboxylic acids is 3. The smallest absolute Gasteiger partial charge is 0.408 e. The van der Waals surface area contributed by atoms with Crippen molar-refractivity contribution in [2.75, 3.05) is 18.6 Å². The number of hydrogen-bond acceptors (Lipinski definition) is 5. The number of ether oxygens (including phenoxy) is 1. The van der Waals surface area contributed by atoms with E-state index in [1.807, 2.05) is 43.5 Å². The summed E-state index contributed by atoms with van der Waals surface area (Å²) < 4.78 is 5.42.